The molecule has 0 saturated heterocycles. The molecule has 0 amide bonds. The van der Waals surface area contributed by atoms with E-state index in [-0.39, 0.29) is 0 Å². The van der Waals surface area contributed by atoms with Crippen LogP contribution in [0, 0.1) is 10.8 Å². The summed E-state index contributed by atoms with van der Waals surface area (Å²) in [5.74, 6) is 0.365. The van der Waals surface area contributed by atoms with Gasteiger partial charge in [-0.1, -0.05) is 6.42 Å². The number of rotatable bonds is 5. The van der Waals surface area contributed by atoms with Crippen molar-refractivity contribution < 1.29 is 0 Å². The Hall–Kier alpha value is -0.570. The predicted octanol–water partition coefficient (Wildman–Crippen LogP) is 1.58. The third-order valence-corrected chi connectivity index (χ3v) is 3.81. The molecule has 0 atom stereocenters. The van der Waals surface area contributed by atoms with Gasteiger partial charge in [-0.15, -0.1) is 0 Å². The average Bonchev–Trinajstić information content (AvgIpc) is 2.61. The van der Waals surface area contributed by atoms with Crippen LogP contribution in [-0.2, 0) is 0 Å². The van der Waals surface area contributed by atoms with Crippen LogP contribution in [0.2, 0.25) is 0 Å². The van der Waals surface area contributed by atoms with Gasteiger partial charge in [-0.2, -0.15) is 0 Å². The van der Waals surface area contributed by atoms with Crippen molar-refractivity contribution in [3.8, 4) is 0 Å². The first-order valence-corrected chi connectivity index (χ1v) is 5.64. The van der Waals surface area contributed by atoms with Crippen LogP contribution in [0.1, 0.15) is 38.5 Å². The van der Waals surface area contributed by atoms with Gasteiger partial charge < -0.3 is 10.6 Å². The van der Waals surface area contributed by atoms with E-state index in [1.807, 2.05) is 0 Å². The maximum atomic E-state index is 7.36. The molecule has 0 aliphatic heterocycles. The molecule has 0 radical (unpaired) electrons. The summed E-state index contributed by atoms with van der Waals surface area (Å²) in [5, 5.41) is 7.36. The highest BCUT2D eigenvalue weighted by molar-refractivity contribution is 5.78. The Kier molecular flexibility index (Phi) is 2.52. The molecule has 0 aromatic carbocycles. The molecule has 3 nitrogen and oxygen atoms in total. The minimum absolute atomic E-state index is 0.365. The predicted molar refractivity (Wildman–Crippen MR) is 58.5 cm³/mol. The molecule has 80 valence electrons. The quantitative estimate of drug-likeness (QED) is 0.517. The largest absolute Gasteiger partial charge is 0.388 e. The lowest BCUT2D eigenvalue weighted by Gasteiger charge is -2.37. The average molecular weight is 195 g/mol. The molecule has 0 unspecified atom stereocenters. The smallest absolute Gasteiger partial charge is 0.0911 e. The molecule has 2 aliphatic rings. The number of amidine groups is 1. The van der Waals surface area contributed by atoms with Crippen LogP contribution >= 0.6 is 0 Å². The number of hydrogen-bond donors (Lipinski definition) is 2. The van der Waals surface area contributed by atoms with Gasteiger partial charge in [0.1, 0.15) is 0 Å². The van der Waals surface area contributed by atoms with Crippen LogP contribution in [0.3, 0.4) is 0 Å². The lowest BCUT2D eigenvalue weighted by atomic mass is 9.90. The van der Waals surface area contributed by atoms with Gasteiger partial charge in [0.25, 0.3) is 0 Å². The topological polar surface area (TPSA) is 53.1 Å². The number of hydrogen-bond acceptors (Lipinski definition) is 2. The summed E-state index contributed by atoms with van der Waals surface area (Å²) in [6.07, 6.45) is 7.48. The number of nitrogens with two attached hydrogens (primary N) is 1. The van der Waals surface area contributed by atoms with Crippen molar-refractivity contribution in [1.29, 1.82) is 5.41 Å². The summed E-state index contributed by atoms with van der Waals surface area (Å²) in [4.78, 5) is 2.49. The van der Waals surface area contributed by atoms with Crippen molar-refractivity contribution in [1.82, 2.24) is 4.90 Å². The van der Waals surface area contributed by atoms with Gasteiger partial charge in [-0.25, -0.2) is 0 Å². The first-order chi connectivity index (χ1) is 6.61. The number of nitrogens with zero attached hydrogens (tertiary/aromatic N) is 1. The van der Waals surface area contributed by atoms with E-state index >= 15 is 0 Å². The molecule has 0 spiro atoms. The fourth-order valence-electron chi connectivity index (χ4n) is 2.46. The molecule has 0 aromatic heterocycles. The lowest BCUT2D eigenvalue weighted by Crippen LogP contribution is -2.41. The highest BCUT2D eigenvalue weighted by Gasteiger charge is 2.44. The molecular formula is C11H21N3. The number of nitrogens with one attached hydrogen (secondary N) is 1. The van der Waals surface area contributed by atoms with Gasteiger partial charge in [0.05, 0.1) is 5.84 Å². The van der Waals surface area contributed by atoms with Gasteiger partial charge in [0, 0.05) is 19.0 Å². The zero-order chi connectivity index (χ0) is 10.2. The second-order valence-electron chi connectivity index (χ2n) is 5.20. The fraction of sp³-hybridized carbons (Fsp3) is 0.909. The lowest BCUT2D eigenvalue weighted by molar-refractivity contribution is 0.133. The fourth-order valence-corrected chi connectivity index (χ4v) is 2.46. The molecule has 0 heterocycles. The Morgan fingerprint density at radius 2 is 2.14 bits per heavy atom. The van der Waals surface area contributed by atoms with Crippen molar-refractivity contribution in [2.75, 3.05) is 13.6 Å². The molecule has 3 heteroatoms. The maximum absolute atomic E-state index is 7.36. The van der Waals surface area contributed by atoms with E-state index in [1.54, 1.807) is 0 Å². The Morgan fingerprint density at radius 1 is 1.50 bits per heavy atom. The van der Waals surface area contributed by atoms with Crippen molar-refractivity contribution in [2.45, 2.75) is 44.6 Å². The summed E-state index contributed by atoms with van der Waals surface area (Å²) in [6, 6.07) is 0.819. The van der Waals surface area contributed by atoms with Crippen LogP contribution in [0.4, 0.5) is 0 Å². The SMILES string of the molecule is CN(CC1(CC(=N)N)CC1)C1CCC1. The van der Waals surface area contributed by atoms with Crippen LogP contribution in [0.15, 0.2) is 0 Å². The van der Waals surface area contributed by atoms with Gasteiger partial charge in [0.15, 0.2) is 0 Å². The zero-order valence-corrected chi connectivity index (χ0v) is 9.05. The summed E-state index contributed by atoms with van der Waals surface area (Å²) in [5.41, 5.74) is 5.87. The first kappa shape index (κ1) is 9.97. The van der Waals surface area contributed by atoms with Crippen LogP contribution < -0.4 is 5.73 Å². The van der Waals surface area contributed by atoms with Gasteiger partial charge in [-0.3, -0.25) is 5.41 Å². The van der Waals surface area contributed by atoms with Crippen LogP contribution in [0.5, 0.6) is 0 Å². The monoisotopic (exact) mass is 195 g/mol. The maximum Gasteiger partial charge on any atom is 0.0911 e. The molecule has 3 N–H and O–H groups in total. The van der Waals surface area contributed by atoms with Gasteiger partial charge >= 0.3 is 0 Å². The second-order valence-corrected chi connectivity index (χ2v) is 5.20. The minimum Gasteiger partial charge on any atom is -0.388 e. The highest BCUT2D eigenvalue weighted by Crippen LogP contribution is 2.49. The molecule has 14 heavy (non-hydrogen) atoms. The van der Waals surface area contributed by atoms with E-state index in [1.165, 1.54) is 32.1 Å². The molecular weight excluding hydrogens is 174 g/mol. The Labute approximate surface area is 86.2 Å². The van der Waals surface area contributed by atoms with Crippen LogP contribution in [-0.4, -0.2) is 30.4 Å². The van der Waals surface area contributed by atoms with Crippen molar-refractivity contribution in [2.24, 2.45) is 11.1 Å². The molecule has 2 saturated carbocycles. The van der Waals surface area contributed by atoms with Crippen LogP contribution in [0.25, 0.3) is 0 Å². The second kappa shape index (κ2) is 3.54. The summed E-state index contributed by atoms with van der Waals surface area (Å²) < 4.78 is 0. The van der Waals surface area contributed by atoms with Crippen molar-refractivity contribution in [3.05, 3.63) is 0 Å². The first-order valence-electron chi connectivity index (χ1n) is 5.64. The summed E-state index contributed by atoms with van der Waals surface area (Å²) in [7, 11) is 2.23. The van der Waals surface area contributed by atoms with E-state index in [0.717, 1.165) is 19.0 Å². The van der Waals surface area contributed by atoms with E-state index in [4.69, 9.17) is 11.1 Å². The van der Waals surface area contributed by atoms with E-state index in [0.29, 0.717) is 11.3 Å². The normalized spacial score (nSPS) is 24.7. The van der Waals surface area contributed by atoms with E-state index in [2.05, 4.69) is 11.9 Å². The molecule has 0 bridgehead atoms. The summed E-state index contributed by atoms with van der Waals surface area (Å²) >= 11 is 0. The molecule has 2 aliphatic carbocycles. The van der Waals surface area contributed by atoms with E-state index in [9.17, 15) is 0 Å². The Morgan fingerprint density at radius 3 is 2.50 bits per heavy atom. The minimum atomic E-state index is 0.365. The van der Waals surface area contributed by atoms with Gasteiger partial charge in [0.2, 0.25) is 0 Å². The third kappa shape index (κ3) is 2.08. The van der Waals surface area contributed by atoms with Crippen molar-refractivity contribution in [3.63, 3.8) is 0 Å². The third-order valence-electron chi connectivity index (χ3n) is 3.81. The molecule has 0 aromatic rings. The van der Waals surface area contributed by atoms with Gasteiger partial charge in [-0.05, 0) is 38.1 Å². The highest BCUT2D eigenvalue weighted by atomic mass is 15.1. The van der Waals surface area contributed by atoms with Crippen molar-refractivity contribution >= 4 is 5.84 Å². The molecule has 2 rings (SSSR count). The Balaban J connectivity index is 1.80. The zero-order valence-electron chi connectivity index (χ0n) is 9.05. The molecule has 2 fully saturated rings. The van der Waals surface area contributed by atoms with E-state index < -0.39 is 0 Å². The summed E-state index contributed by atoms with van der Waals surface area (Å²) in [6.45, 7) is 1.15. The standard InChI is InChI=1S/C11H21N3/c1-14(9-3-2-4-9)8-11(5-6-11)7-10(12)13/h9H,2-8H2,1H3,(H3,12,13). The Bertz CT molecular complexity index is 229.